The summed E-state index contributed by atoms with van der Waals surface area (Å²) in [6.45, 7) is 6.61. The van der Waals surface area contributed by atoms with Crippen molar-refractivity contribution in [1.82, 2.24) is 4.90 Å². The SMILES string of the molecule is C[C@@H]1CCC[C@]2(C)C[C@H]3OC(=O)[C@@H](CN4CCCC[C@@H]4CO)[C@H]3[C@@H]3O[C@@]132. The van der Waals surface area contributed by atoms with Crippen LogP contribution in [0.5, 0.6) is 0 Å². The van der Waals surface area contributed by atoms with Crippen LogP contribution in [-0.2, 0) is 14.3 Å². The number of carbonyl (C=O) groups is 1. The van der Waals surface area contributed by atoms with Crippen molar-refractivity contribution in [3.8, 4) is 0 Å². The molecule has 5 heteroatoms. The van der Waals surface area contributed by atoms with Crippen LogP contribution in [0.3, 0.4) is 0 Å². The quantitative estimate of drug-likeness (QED) is 0.616. The maximum Gasteiger partial charge on any atom is 0.311 e. The zero-order valence-electron chi connectivity index (χ0n) is 16.2. The molecule has 5 rings (SSSR count). The molecule has 3 saturated heterocycles. The molecule has 8 atom stereocenters. The number of nitrogens with zero attached hydrogens (tertiary/aromatic N) is 1. The number of esters is 1. The fourth-order valence-electron chi connectivity index (χ4n) is 7.20. The van der Waals surface area contributed by atoms with Crippen molar-refractivity contribution in [2.75, 3.05) is 19.7 Å². The van der Waals surface area contributed by atoms with Gasteiger partial charge in [-0.25, -0.2) is 0 Å². The van der Waals surface area contributed by atoms with E-state index in [1.54, 1.807) is 0 Å². The normalized spacial score (nSPS) is 53.4. The highest BCUT2D eigenvalue weighted by Gasteiger charge is 2.78. The van der Waals surface area contributed by atoms with Crippen LogP contribution in [-0.4, -0.2) is 59.5 Å². The maximum absolute atomic E-state index is 12.8. The van der Waals surface area contributed by atoms with Crippen molar-refractivity contribution in [3.63, 3.8) is 0 Å². The lowest BCUT2D eigenvalue weighted by molar-refractivity contribution is -0.147. The minimum absolute atomic E-state index is 0.0169. The van der Waals surface area contributed by atoms with Gasteiger partial charge in [-0.15, -0.1) is 0 Å². The molecule has 0 radical (unpaired) electrons. The van der Waals surface area contributed by atoms with Gasteiger partial charge in [0.25, 0.3) is 0 Å². The topological polar surface area (TPSA) is 62.3 Å². The van der Waals surface area contributed by atoms with Crippen molar-refractivity contribution in [2.45, 2.75) is 82.6 Å². The number of epoxide rings is 1. The summed E-state index contributed by atoms with van der Waals surface area (Å²) in [6.07, 6.45) is 8.24. The minimum Gasteiger partial charge on any atom is -0.462 e. The summed E-state index contributed by atoms with van der Waals surface area (Å²) in [5, 5.41) is 9.73. The summed E-state index contributed by atoms with van der Waals surface area (Å²) >= 11 is 0. The Hall–Kier alpha value is -0.650. The highest BCUT2D eigenvalue weighted by Crippen LogP contribution is 2.70. The monoisotopic (exact) mass is 363 g/mol. The summed E-state index contributed by atoms with van der Waals surface area (Å²) in [5.41, 5.74) is 0.140. The lowest BCUT2D eigenvalue weighted by atomic mass is 9.53. The second-order valence-corrected chi connectivity index (χ2v) is 9.88. The van der Waals surface area contributed by atoms with Gasteiger partial charge in [-0.05, 0) is 44.6 Å². The number of carbonyl (C=O) groups excluding carboxylic acids is 1. The molecule has 5 fully saturated rings. The van der Waals surface area contributed by atoms with Crippen LogP contribution in [0, 0.1) is 23.2 Å². The molecular formula is C21H33NO4. The minimum atomic E-state index is -0.0878. The van der Waals surface area contributed by atoms with E-state index in [-0.39, 0.29) is 53.7 Å². The van der Waals surface area contributed by atoms with Crippen molar-refractivity contribution in [3.05, 3.63) is 0 Å². The van der Waals surface area contributed by atoms with Crippen LogP contribution in [0.4, 0.5) is 0 Å². The molecule has 2 saturated carbocycles. The number of rotatable bonds is 3. The standard InChI is InChI=1S/C21H33NO4/c1-13-6-5-8-20(2)10-16-17(18-21(13,20)26-18)15(19(24)25-16)11-22-9-4-3-7-14(22)12-23/h13-18,23H,3-12H2,1-2H3/t13-,14-,15+,16-,17-,18+,20-,21+/m1/s1. The number of hydrogen-bond acceptors (Lipinski definition) is 5. The third-order valence-electron chi connectivity index (χ3n) is 8.59. The largest absolute Gasteiger partial charge is 0.462 e. The Kier molecular flexibility index (Phi) is 3.97. The van der Waals surface area contributed by atoms with Gasteiger partial charge in [0.2, 0.25) is 0 Å². The number of aliphatic hydroxyl groups is 1. The molecule has 0 amide bonds. The molecule has 1 N–H and O–H groups in total. The summed E-state index contributed by atoms with van der Waals surface area (Å²) in [7, 11) is 0. The average Bonchev–Trinajstić information content (AvgIpc) is 3.30. The van der Waals surface area contributed by atoms with Gasteiger partial charge in [0, 0.05) is 23.9 Å². The molecule has 0 aromatic carbocycles. The average molecular weight is 363 g/mol. The van der Waals surface area contributed by atoms with Crippen LogP contribution < -0.4 is 0 Å². The third-order valence-corrected chi connectivity index (χ3v) is 8.59. The van der Waals surface area contributed by atoms with Gasteiger partial charge < -0.3 is 14.6 Å². The second kappa shape index (κ2) is 5.92. The third kappa shape index (κ3) is 2.23. The molecule has 0 unspecified atom stereocenters. The van der Waals surface area contributed by atoms with E-state index in [9.17, 15) is 9.90 Å². The lowest BCUT2D eigenvalue weighted by Crippen LogP contribution is -2.55. The Labute approximate surface area is 156 Å². The molecular weight excluding hydrogens is 330 g/mol. The number of likely N-dealkylation sites (tertiary alicyclic amines) is 1. The van der Waals surface area contributed by atoms with E-state index in [4.69, 9.17) is 9.47 Å². The Morgan fingerprint density at radius 2 is 2.12 bits per heavy atom. The highest BCUT2D eigenvalue weighted by atomic mass is 16.6. The van der Waals surface area contributed by atoms with E-state index in [2.05, 4.69) is 18.7 Å². The van der Waals surface area contributed by atoms with Gasteiger partial charge in [-0.3, -0.25) is 9.69 Å². The molecule has 1 spiro atoms. The van der Waals surface area contributed by atoms with E-state index in [0.717, 1.165) is 32.4 Å². The number of piperidine rings is 1. The van der Waals surface area contributed by atoms with Crippen LogP contribution in [0.25, 0.3) is 0 Å². The van der Waals surface area contributed by atoms with E-state index >= 15 is 0 Å². The number of ether oxygens (including phenoxy) is 2. The predicted molar refractivity (Wildman–Crippen MR) is 96.5 cm³/mol. The predicted octanol–water partition coefficient (Wildman–Crippen LogP) is 2.36. The number of aliphatic hydroxyl groups excluding tert-OH is 1. The summed E-state index contributed by atoms with van der Waals surface area (Å²) < 4.78 is 12.4. The van der Waals surface area contributed by atoms with Gasteiger partial charge in [0.05, 0.1) is 18.6 Å². The van der Waals surface area contributed by atoms with Crippen LogP contribution >= 0.6 is 0 Å². The fraction of sp³-hybridized carbons (Fsp3) is 0.952. The smallest absolute Gasteiger partial charge is 0.311 e. The first kappa shape index (κ1) is 17.4. The molecule has 0 aromatic heterocycles. The Balaban J connectivity index is 1.39. The lowest BCUT2D eigenvalue weighted by Gasteiger charge is -2.49. The molecule has 2 aliphatic carbocycles. The van der Waals surface area contributed by atoms with Gasteiger partial charge in [0.15, 0.2) is 0 Å². The summed E-state index contributed by atoms with van der Waals surface area (Å²) in [5.74, 6) is 0.666. The zero-order chi connectivity index (χ0) is 18.1. The van der Waals surface area contributed by atoms with Crippen molar-refractivity contribution >= 4 is 5.97 Å². The van der Waals surface area contributed by atoms with Crippen molar-refractivity contribution in [2.24, 2.45) is 23.2 Å². The Morgan fingerprint density at radius 1 is 1.27 bits per heavy atom. The second-order valence-electron chi connectivity index (χ2n) is 9.88. The molecule has 3 aliphatic heterocycles. The maximum atomic E-state index is 12.8. The van der Waals surface area contributed by atoms with E-state index in [0.29, 0.717) is 5.92 Å². The molecule has 5 aliphatic rings. The molecule has 146 valence electrons. The summed E-state index contributed by atoms with van der Waals surface area (Å²) in [4.78, 5) is 15.1. The van der Waals surface area contributed by atoms with Crippen LogP contribution in [0.1, 0.15) is 58.8 Å². The Bertz CT molecular complexity index is 597. The Morgan fingerprint density at radius 3 is 2.92 bits per heavy atom. The van der Waals surface area contributed by atoms with E-state index in [1.807, 2.05) is 0 Å². The van der Waals surface area contributed by atoms with E-state index < -0.39 is 0 Å². The molecule has 3 heterocycles. The molecule has 0 aromatic rings. The first-order valence-corrected chi connectivity index (χ1v) is 10.7. The van der Waals surface area contributed by atoms with Crippen molar-refractivity contribution < 1.29 is 19.4 Å². The fourth-order valence-corrected chi connectivity index (χ4v) is 7.20. The summed E-state index contributed by atoms with van der Waals surface area (Å²) in [6, 6.07) is 0.201. The van der Waals surface area contributed by atoms with Crippen molar-refractivity contribution in [1.29, 1.82) is 0 Å². The van der Waals surface area contributed by atoms with Gasteiger partial charge >= 0.3 is 5.97 Å². The van der Waals surface area contributed by atoms with E-state index in [1.165, 1.54) is 25.7 Å². The van der Waals surface area contributed by atoms with Crippen LogP contribution in [0.2, 0.25) is 0 Å². The first-order chi connectivity index (χ1) is 12.5. The van der Waals surface area contributed by atoms with Gasteiger partial charge in [-0.1, -0.05) is 26.7 Å². The molecule has 0 bridgehead atoms. The molecule has 26 heavy (non-hydrogen) atoms. The zero-order valence-corrected chi connectivity index (χ0v) is 16.2. The number of fused-ring (bicyclic) bond motifs is 2. The number of hydrogen-bond donors (Lipinski definition) is 1. The van der Waals surface area contributed by atoms with Gasteiger partial charge in [-0.2, -0.15) is 0 Å². The highest BCUT2D eigenvalue weighted by molar-refractivity contribution is 5.76. The first-order valence-electron chi connectivity index (χ1n) is 10.7. The van der Waals surface area contributed by atoms with Gasteiger partial charge in [0.1, 0.15) is 11.7 Å². The molecule has 5 nitrogen and oxygen atoms in total. The van der Waals surface area contributed by atoms with Crippen LogP contribution in [0.15, 0.2) is 0 Å².